The Bertz CT molecular complexity index is 981. The van der Waals surface area contributed by atoms with Crippen molar-refractivity contribution in [3.05, 3.63) is 71.3 Å². The Balaban J connectivity index is 1.69. The zero-order valence-electron chi connectivity index (χ0n) is 21.2. The first-order chi connectivity index (χ1) is 17.1. The summed E-state index contributed by atoms with van der Waals surface area (Å²) in [5.41, 5.74) is 1.47. The number of hydrogen-bond acceptors (Lipinski definition) is 4. The molecule has 0 aliphatic carbocycles. The topological polar surface area (TPSA) is 66.8 Å². The fourth-order valence-electron chi connectivity index (χ4n) is 4.77. The first-order valence-electron chi connectivity index (χ1n) is 13.1. The second-order valence-electron chi connectivity index (χ2n) is 9.31. The molecule has 1 aliphatic heterocycles. The minimum absolute atomic E-state index is 0.148. The average molecular weight is 478 g/mol. The van der Waals surface area contributed by atoms with Gasteiger partial charge in [-0.25, -0.2) is 0 Å². The average Bonchev–Trinajstić information content (AvgIpc) is 3.15. The Kier molecular flexibility index (Phi) is 10.4. The van der Waals surface area contributed by atoms with Gasteiger partial charge in [-0.1, -0.05) is 95.0 Å². The maximum Gasteiger partial charge on any atom is 0.295 e. The normalized spacial score (nSPS) is 17.2. The number of ether oxygens (including phenoxy) is 1. The van der Waals surface area contributed by atoms with Gasteiger partial charge in [0.25, 0.3) is 11.7 Å². The number of carbonyl (C=O) groups excluding carboxylic acids is 2. The SMILES string of the molecule is CCCCCCCCCCCCN1C(=O)C(=O)C(=C(O)c2ccc(OC)cc2)[C@H]1c1ccccc1. The van der Waals surface area contributed by atoms with Crippen LogP contribution in [0.3, 0.4) is 0 Å². The number of likely N-dealkylation sites (tertiary alicyclic amines) is 1. The third-order valence-electron chi connectivity index (χ3n) is 6.77. The van der Waals surface area contributed by atoms with Crippen molar-refractivity contribution in [3.8, 4) is 5.75 Å². The van der Waals surface area contributed by atoms with Crippen molar-refractivity contribution in [3.63, 3.8) is 0 Å². The summed E-state index contributed by atoms with van der Waals surface area (Å²) in [5, 5.41) is 11.1. The minimum atomic E-state index is -0.626. The molecule has 0 aromatic heterocycles. The number of methoxy groups -OCH3 is 1. The van der Waals surface area contributed by atoms with E-state index in [0.29, 0.717) is 17.9 Å². The van der Waals surface area contributed by atoms with Crippen LogP contribution in [0.4, 0.5) is 0 Å². The monoisotopic (exact) mass is 477 g/mol. The zero-order valence-corrected chi connectivity index (χ0v) is 21.2. The van der Waals surface area contributed by atoms with E-state index in [1.165, 1.54) is 44.9 Å². The second-order valence-corrected chi connectivity index (χ2v) is 9.31. The molecule has 0 saturated carbocycles. The predicted octanol–water partition coefficient (Wildman–Crippen LogP) is 7.04. The van der Waals surface area contributed by atoms with Gasteiger partial charge >= 0.3 is 0 Å². The number of Topliss-reactive ketones (excluding diaryl/α,β-unsaturated/α-hetero) is 1. The van der Waals surface area contributed by atoms with Crippen LogP contribution in [0, 0.1) is 0 Å². The van der Waals surface area contributed by atoms with Gasteiger partial charge in [-0.3, -0.25) is 9.59 Å². The maximum atomic E-state index is 13.1. The van der Waals surface area contributed by atoms with Crippen LogP contribution in [0.25, 0.3) is 5.76 Å². The third-order valence-corrected chi connectivity index (χ3v) is 6.77. The van der Waals surface area contributed by atoms with Crippen molar-refractivity contribution < 1.29 is 19.4 Å². The van der Waals surface area contributed by atoms with Crippen LogP contribution in [0.2, 0.25) is 0 Å². The molecule has 1 heterocycles. The van der Waals surface area contributed by atoms with Gasteiger partial charge in [0.15, 0.2) is 0 Å². The Morgan fingerprint density at radius 2 is 1.40 bits per heavy atom. The Hall–Kier alpha value is -3.08. The van der Waals surface area contributed by atoms with Gasteiger partial charge in [0.1, 0.15) is 11.5 Å². The fraction of sp³-hybridized carbons (Fsp3) is 0.467. The van der Waals surface area contributed by atoms with Crippen LogP contribution in [0.5, 0.6) is 5.75 Å². The largest absolute Gasteiger partial charge is 0.507 e. The standard InChI is InChI=1S/C30H39NO4/c1-3-4-5-6-7-8-9-10-11-15-22-31-27(23-16-13-12-14-17-23)26(29(33)30(31)34)28(32)24-18-20-25(35-2)21-19-24/h12-14,16-21,27,32H,3-11,15,22H2,1-2H3/t27-/m1/s1. The zero-order chi connectivity index (χ0) is 25.0. The molecule has 5 heteroatoms. The van der Waals surface area contributed by atoms with Gasteiger partial charge in [0.05, 0.1) is 18.7 Å². The molecular formula is C30H39NO4. The van der Waals surface area contributed by atoms with E-state index in [9.17, 15) is 14.7 Å². The van der Waals surface area contributed by atoms with E-state index in [2.05, 4.69) is 6.92 Å². The molecule has 1 atom stereocenters. The number of nitrogens with zero attached hydrogens (tertiary/aromatic N) is 1. The molecule has 2 aromatic rings. The molecule has 1 N–H and O–H groups in total. The maximum absolute atomic E-state index is 13.1. The van der Waals surface area contributed by atoms with Crippen LogP contribution in [-0.4, -0.2) is 35.4 Å². The number of aliphatic hydroxyl groups is 1. The van der Waals surface area contributed by atoms with E-state index in [4.69, 9.17) is 4.74 Å². The van der Waals surface area contributed by atoms with Crippen LogP contribution < -0.4 is 4.74 Å². The van der Waals surface area contributed by atoms with Crippen LogP contribution in [0.1, 0.15) is 88.3 Å². The molecule has 1 aliphatic rings. The lowest BCUT2D eigenvalue weighted by molar-refractivity contribution is -0.139. The minimum Gasteiger partial charge on any atom is -0.507 e. The molecule has 0 radical (unpaired) electrons. The van der Waals surface area contributed by atoms with E-state index >= 15 is 0 Å². The highest BCUT2D eigenvalue weighted by Gasteiger charge is 2.45. The van der Waals surface area contributed by atoms with Gasteiger partial charge in [-0.2, -0.15) is 0 Å². The molecular weight excluding hydrogens is 438 g/mol. The van der Waals surface area contributed by atoms with Crippen LogP contribution in [-0.2, 0) is 9.59 Å². The number of rotatable bonds is 14. The van der Waals surface area contributed by atoms with Crippen molar-refractivity contribution >= 4 is 17.4 Å². The highest BCUT2D eigenvalue weighted by molar-refractivity contribution is 6.46. The molecule has 0 unspecified atom stereocenters. The van der Waals surface area contributed by atoms with Gasteiger partial charge in [-0.15, -0.1) is 0 Å². The van der Waals surface area contributed by atoms with Crippen molar-refractivity contribution in [1.29, 1.82) is 0 Å². The molecule has 35 heavy (non-hydrogen) atoms. The summed E-state index contributed by atoms with van der Waals surface area (Å²) in [6, 6.07) is 15.8. The Labute approximate surface area is 209 Å². The lowest BCUT2D eigenvalue weighted by atomic mass is 9.95. The van der Waals surface area contributed by atoms with Crippen molar-refractivity contribution in [2.24, 2.45) is 0 Å². The summed E-state index contributed by atoms with van der Waals surface area (Å²) in [7, 11) is 1.57. The second kappa shape index (κ2) is 13.7. The number of hydrogen-bond donors (Lipinski definition) is 1. The number of aliphatic hydroxyl groups excluding tert-OH is 1. The van der Waals surface area contributed by atoms with Crippen molar-refractivity contribution in [1.82, 2.24) is 4.90 Å². The quantitative estimate of drug-likeness (QED) is 0.137. The molecule has 1 amide bonds. The van der Waals surface area contributed by atoms with E-state index in [0.717, 1.165) is 24.8 Å². The van der Waals surface area contributed by atoms with Crippen LogP contribution in [0.15, 0.2) is 60.2 Å². The molecule has 2 aromatic carbocycles. The molecule has 1 fully saturated rings. The first-order valence-corrected chi connectivity index (χ1v) is 13.1. The summed E-state index contributed by atoms with van der Waals surface area (Å²) in [4.78, 5) is 27.8. The smallest absolute Gasteiger partial charge is 0.295 e. The van der Waals surface area contributed by atoms with Gasteiger partial charge in [-0.05, 0) is 36.2 Å². The molecule has 1 saturated heterocycles. The van der Waals surface area contributed by atoms with Gasteiger partial charge in [0, 0.05) is 12.1 Å². The van der Waals surface area contributed by atoms with Crippen LogP contribution >= 0.6 is 0 Å². The fourth-order valence-corrected chi connectivity index (χ4v) is 4.77. The van der Waals surface area contributed by atoms with Crippen molar-refractivity contribution in [2.75, 3.05) is 13.7 Å². The number of amides is 1. The summed E-state index contributed by atoms with van der Waals surface area (Å²) in [5.74, 6) is -0.655. The lowest BCUT2D eigenvalue weighted by Crippen LogP contribution is -2.30. The summed E-state index contributed by atoms with van der Waals surface area (Å²) in [6.07, 6.45) is 12.0. The summed E-state index contributed by atoms with van der Waals surface area (Å²) >= 11 is 0. The molecule has 188 valence electrons. The van der Waals surface area contributed by atoms with E-state index < -0.39 is 17.7 Å². The summed E-state index contributed by atoms with van der Waals surface area (Å²) in [6.45, 7) is 2.74. The van der Waals surface area contributed by atoms with E-state index in [-0.39, 0.29) is 11.3 Å². The molecule has 0 spiro atoms. The Morgan fingerprint density at radius 3 is 1.97 bits per heavy atom. The van der Waals surface area contributed by atoms with E-state index in [1.54, 1.807) is 36.3 Å². The van der Waals surface area contributed by atoms with Gasteiger partial charge < -0.3 is 14.7 Å². The Morgan fingerprint density at radius 1 is 0.829 bits per heavy atom. The van der Waals surface area contributed by atoms with Crippen molar-refractivity contribution in [2.45, 2.75) is 77.2 Å². The molecule has 3 rings (SSSR count). The lowest BCUT2D eigenvalue weighted by Gasteiger charge is -2.25. The molecule has 5 nitrogen and oxygen atoms in total. The summed E-state index contributed by atoms with van der Waals surface area (Å²) < 4.78 is 5.19. The first kappa shape index (κ1) is 26.5. The number of carbonyl (C=O) groups is 2. The van der Waals surface area contributed by atoms with Gasteiger partial charge in [0.2, 0.25) is 0 Å². The third kappa shape index (κ3) is 6.97. The predicted molar refractivity (Wildman–Crippen MR) is 140 cm³/mol. The number of ketones is 1. The molecule has 0 bridgehead atoms. The highest BCUT2D eigenvalue weighted by atomic mass is 16.5. The van der Waals surface area contributed by atoms with E-state index in [1.807, 2.05) is 30.3 Å². The highest BCUT2D eigenvalue weighted by Crippen LogP contribution is 2.39. The number of unbranched alkanes of at least 4 members (excludes halogenated alkanes) is 9. The number of benzene rings is 2.